The Bertz CT molecular complexity index is 3010. The third kappa shape index (κ3) is 17.2. The van der Waals surface area contributed by atoms with Gasteiger partial charge in [-0.1, -0.05) is 68.8 Å². The van der Waals surface area contributed by atoms with Gasteiger partial charge in [-0.25, -0.2) is 4.79 Å². The van der Waals surface area contributed by atoms with Crippen molar-refractivity contribution in [2.45, 2.75) is 126 Å². The Hall–Kier alpha value is -8.55. The number of phenolic OH excluding ortho intramolecular Hbond substituents is 1. The lowest BCUT2D eigenvalue weighted by Gasteiger charge is -2.29. The Morgan fingerprint density at radius 3 is 1.73 bits per heavy atom. The Kier molecular flexibility index (Phi) is 22.5. The first-order valence-corrected chi connectivity index (χ1v) is 27.1. The van der Waals surface area contributed by atoms with E-state index in [-0.39, 0.29) is 56.9 Å². The van der Waals surface area contributed by atoms with Gasteiger partial charge < -0.3 is 85.0 Å². The number of aromatic nitrogens is 2. The second-order valence-electron chi connectivity index (χ2n) is 20.6. The number of aromatic hydroxyl groups is 1. The molecule has 0 aliphatic carbocycles. The van der Waals surface area contributed by atoms with Gasteiger partial charge in [-0.2, -0.15) is 0 Å². The number of para-hydroxylation sites is 2. The van der Waals surface area contributed by atoms with E-state index in [9.17, 15) is 44.1 Å². The highest BCUT2D eigenvalue weighted by Crippen LogP contribution is 2.24. The smallest absolute Gasteiger partial charge is 0.326 e. The molecule has 7 amide bonds. The molecule has 5 aromatic rings. The molecule has 1 aliphatic heterocycles. The Balaban J connectivity index is 1.30. The van der Waals surface area contributed by atoms with Gasteiger partial charge in [-0.3, -0.25) is 38.6 Å². The summed E-state index contributed by atoms with van der Waals surface area (Å²) in [6, 6.07) is 9.80. The van der Waals surface area contributed by atoms with Gasteiger partial charge in [0.15, 0.2) is 5.96 Å². The molecule has 1 aliphatic rings. The molecule has 1 saturated heterocycles. The summed E-state index contributed by atoms with van der Waals surface area (Å²) in [7, 11) is 0. The fourth-order valence-corrected chi connectivity index (χ4v) is 9.78. The molecular formula is C56H76N14O11. The van der Waals surface area contributed by atoms with E-state index < -0.39 is 108 Å². The fourth-order valence-electron chi connectivity index (χ4n) is 9.78. The molecular weight excluding hydrogens is 1040 g/mol. The lowest BCUT2D eigenvalue weighted by Crippen LogP contribution is -2.61. The highest BCUT2D eigenvalue weighted by Gasteiger charge is 2.39. The normalized spacial score (nSPS) is 15.8. The van der Waals surface area contributed by atoms with Gasteiger partial charge >= 0.3 is 5.97 Å². The number of carboxylic acid groups (broad SMARTS) is 1. The lowest BCUT2D eigenvalue weighted by molar-refractivity contribution is -0.143. The van der Waals surface area contributed by atoms with E-state index in [0.717, 1.165) is 21.8 Å². The molecule has 3 heterocycles. The number of nitrogens with two attached hydrogens (primary N) is 4. The monoisotopic (exact) mass is 1120 g/mol. The number of amides is 7. The molecule has 3 aromatic carbocycles. The molecule has 25 nitrogen and oxygen atoms in total. The predicted octanol–water partition coefficient (Wildman–Crippen LogP) is -0.475. The number of aromatic amines is 2. The van der Waals surface area contributed by atoms with E-state index in [2.05, 4.69) is 46.9 Å². The first-order valence-electron chi connectivity index (χ1n) is 27.1. The predicted molar refractivity (Wildman–Crippen MR) is 302 cm³/mol. The molecule has 0 spiro atoms. The summed E-state index contributed by atoms with van der Waals surface area (Å²) in [4.78, 5) is 124. The number of nitrogens with zero attached hydrogens (tertiary/aromatic N) is 2. The fraction of sp³-hybridized carbons (Fsp3) is 0.446. The van der Waals surface area contributed by atoms with Gasteiger partial charge in [0.25, 0.3) is 0 Å². The van der Waals surface area contributed by atoms with Crippen LogP contribution in [0.2, 0.25) is 0 Å². The number of fused-ring (bicyclic) bond motifs is 2. The van der Waals surface area contributed by atoms with E-state index in [1.54, 1.807) is 32.3 Å². The van der Waals surface area contributed by atoms with Crippen molar-refractivity contribution < 1.29 is 53.7 Å². The number of rotatable bonds is 30. The van der Waals surface area contributed by atoms with Crippen molar-refractivity contribution in [1.82, 2.24) is 46.8 Å². The molecule has 0 bridgehead atoms. The van der Waals surface area contributed by atoms with Gasteiger partial charge in [-0.05, 0) is 91.9 Å². The Morgan fingerprint density at radius 2 is 1.19 bits per heavy atom. The average molecular weight is 1120 g/mol. The highest BCUT2D eigenvalue weighted by atomic mass is 16.4. The molecule has 8 atom stereocenters. The number of benzene rings is 3. The van der Waals surface area contributed by atoms with Crippen LogP contribution in [0.1, 0.15) is 75.5 Å². The number of aliphatic imine (C=N–C) groups is 1. The summed E-state index contributed by atoms with van der Waals surface area (Å²) >= 11 is 0. The molecule has 25 heteroatoms. The standard InChI is InChI=1S/C56H76N14O11/c1-31(2)47(55(80)81)69-48(73)41(16-9-23-61-56(59)60)64-52(77)45(30-71)68-49(74)42(25-32-18-20-35(72)21-19-32)65-50(75)43(26-33-28-62-39-14-5-3-11-36(33)39)66-51(76)44(27-34-29-63-40-15-6-4-12-37(34)40)67-53(78)46-17-10-24-70(46)54(79)38(58)13-7-8-22-57/h3-6,11-12,14-15,18-21,28-29,31,38,41-47,62-63,71-72H,7-10,13,16-17,22-27,30,57-58H2,1-2H3,(H,64,77)(H,65,75)(H,66,76)(H,67,78)(H,68,74)(H,69,73)(H,80,81)(H4,59,60,61)/t38-,41-,42-,43-,44-,45-,46-,47-/m0/s1. The third-order valence-corrected chi connectivity index (χ3v) is 14.2. The van der Waals surface area contributed by atoms with Gasteiger partial charge in [0.05, 0.1) is 12.6 Å². The van der Waals surface area contributed by atoms with Crippen LogP contribution in [0.25, 0.3) is 21.8 Å². The molecule has 0 saturated carbocycles. The zero-order valence-electron chi connectivity index (χ0n) is 45.5. The highest BCUT2D eigenvalue weighted by molar-refractivity contribution is 5.99. The number of phenols is 1. The largest absolute Gasteiger partial charge is 0.508 e. The number of carboxylic acids is 1. The van der Waals surface area contributed by atoms with Crippen LogP contribution >= 0.6 is 0 Å². The van der Waals surface area contributed by atoms with E-state index >= 15 is 9.59 Å². The number of aliphatic carboxylic acids is 1. The van der Waals surface area contributed by atoms with Crippen molar-refractivity contribution in [3.63, 3.8) is 0 Å². The number of unbranched alkanes of at least 4 members (excludes halogenated alkanes) is 1. The summed E-state index contributed by atoms with van der Waals surface area (Å²) < 4.78 is 0. The zero-order valence-corrected chi connectivity index (χ0v) is 45.5. The number of carbonyl (C=O) groups excluding carboxylic acids is 7. The molecule has 19 N–H and O–H groups in total. The van der Waals surface area contributed by atoms with E-state index in [0.29, 0.717) is 55.3 Å². The number of aliphatic hydroxyl groups excluding tert-OH is 1. The van der Waals surface area contributed by atoms with Crippen LogP contribution in [0.3, 0.4) is 0 Å². The molecule has 436 valence electrons. The molecule has 1 fully saturated rings. The van der Waals surface area contributed by atoms with E-state index in [1.165, 1.54) is 29.2 Å². The number of guanidine groups is 1. The summed E-state index contributed by atoms with van der Waals surface area (Å²) in [5.41, 5.74) is 26.1. The second-order valence-corrected chi connectivity index (χ2v) is 20.6. The quantitative estimate of drug-likeness (QED) is 0.0157. The third-order valence-electron chi connectivity index (χ3n) is 14.2. The van der Waals surface area contributed by atoms with Gasteiger partial charge in [0, 0.05) is 66.6 Å². The molecule has 2 aromatic heterocycles. The second kappa shape index (κ2) is 29.6. The maximum atomic E-state index is 15.0. The van der Waals surface area contributed by atoms with Crippen LogP contribution < -0.4 is 54.8 Å². The number of likely N-dealkylation sites (tertiary alicyclic amines) is 1. The number of carbonyl (C=O) groups is 8. The van der Waals surface area contributed by atoms with Crippen LogP contribution in [-0.2, 0) is 57.6 Å². The molecule has 0 radical (unpaired) electrons. The van der Waals surface area contributed by atoms with E-state index in [1.807, 2.05) is 42.5 Å². The maximum Gasteiger partial charge on any atom is 0.326 e. The van der Waals surface area contributed by atoms with Crippen molar-refractivity contribution in [2.24, 2.45) is 33.8 Å². The lowest BCUT2D eigenvalue weighted by atomic mass is 10.00. The number of H-pyrrole nitrogens is 2. The zero-order chi connectivity index (χ0) is 58.8. The van der Waals surface area contributed by atoms with Crippen LogP contribution in [0.4, 0.5) is 0 Å². The van der Waals surface area contributed by atoms with Gasteiger partial charge in [0.2, 0.25) is 41.4 Å². The SMILES string of the molecule is CC(C)[C@H](NC(=O)[C@H](CCCN=C(N)N)NC(=O)[C@H](CO)NC(=O)[C@H](Cc1ccc(O)cc1)NC(=O)[C@H](Cc1c[nH]c2ccccc12)NC(=O)[C@H](Cc1c[nH]c2ccccc12)NC(=O)[C@@H]1CCCN1C(=O)[C@@H](N)CCCCN)C(=O)O. The average Bonchev–Trinajstić information content (AvgIpc) is 4.23. The minimum atomic E-state index is -1.74. The minimum absolute atomic E-state index is 0.0436. The van der Waals surface area contributed by atoms with Crippen molar-refractivity contribution in [1.29, 1.82) is 0 Å². The molecule has 0 unspecified atom stereocenters. The molecule has 81 heavy (non-hydrogen) atoms. The topological polar surface area (TPSA) is 421 Å². The minimum Gasteiger partial charge on any atom is -0.508 e. The van der Waals surface area contributed by atoms with Crippen molar-refractivity contribution in [3.05, 3.63) is 102 Å². The van der Waals surface area contributed by atoms with Crippen LogP contribution in [0, 0.1) is 5.92 Å². The first kappa shape index (κ1) is 61.7. The van der Waals surface area contributed by atoms with E-state index in [4.69, 9.17) is 22.9 Å². The van der Waals surface area contributed by atoms with Gasteiger partial charge in [0.1, 0.15) is 48.0 Å². The summed E-state index contributed by atoms with van der Waals surface area (Å²) in [6.45, 7) is 2.93. The van der Waals surface area contributed by atoms with Crippen LogP contribution in [-0.4, -0.2) is 158 Å². The summed E-state index contributed by atoms with van der Waals surface area (Å²) in [5.74, 6) is -7.72. The Morgan fingerprint density at radius 1 is 0.667 bits per heavy atom. The first-order chi connectivity index (χ1) is 38.8. The number of nitrogens with one attached hydrogen (secondary N) is 8. The van der Waals surface area contributed by atoms with Crippen molar-refractivity contribution in [3.8, 4) is 5.75 Å². The number of hydrogen-bond donors (Lipinski definition) is 15. The Labute approximate surface area is 468 Å². The van der Waals surface area contributed by atoms with Crippen molar-refractivity contribution in [2.75, 3.05) is 26.2 Å². The maximum absolute atomic E-state index is 15.0. The number of aliphatic hydroxyl groups is 1. The summed E-state index contributed by atoms with van der Waals surface area (Å²) in [5, 5.41) is 47.9. The van der Waals surface area contributed by atoms with Gasteiger partial charge in [-0.15, -0.1) is 0 Å². The van der Waals surface area contributed by atoms with Crippen LogP contribution in [0.5, 0.6) is 5.75 Å². The number of hydrogen-bond acceptors (Lipinski definition) is 13. The summed E-state index contributed by atoms with van der Waals surface area (Å²) in [6.07, 6.45) is 5.49. The van der Waals surface area contributed by atoms with Crippen LogP contribution in [0.15, 0.2) is 90.2 Å². The molecule has 6 rings (SSSR count). The van der Waals surface area contributed by atoms with Crippen molar-refractivity contribution >= 4 is 75.1 Å².